The Bertz CT molecular complexity index is 855. The molecule has 0 aromatic heterocycles. The Kier molecular flexibility index (Phi) is 7.15. The molecule has 7 nitrogen and oxygen atoms in total. The molecule has 0 radical (unpaired) electrons. The molecule has 1 atom stereocenters. The van der Waals surface area contributed by atoms with Gasteiger partial charge in [-0.05, 0) is 23.6 Å². The van der Waals surface area contributed by atoms with Crippen LogP contribution in [0.15, 0.2) is 42.5 Å². The van der Waals surface area contributed by atoms with Crippen molar-refractivity contribution in [3.63, 3.8) is 0 Å². The highest BCUT2D eigenvalue weighted by molar-refractivity contribution is 6.42. The summed E-state index contributed by atoms with van der Waals surface area (Å²) in [6.45, 7) is 0. The molecule has 2 aromatic rings. The first-order chi connectivity index (χ1) is 12.8. The number of nitrogens with one attached hydrogen (secondary N) is 1. The fraction of sp³-hybridized carbons (Fsp3) is 0.222. The summed E-state index contributed by atoms with van der Waals surface area (Å²) in [6.07, 6.45) is -0.110. The molecule has 0 fully saturated rings. The van der Waals surface area contributed by atoms with E-state index in [4.69, 9.17) is 28.3 Å². The van der Waals surface area contributed by atoms with Crippen molar-refractivity contribution in [3.8, 4) is 0 Å². The van der Waals surface area contributed by atoms with Crippen molar-refractivity contribution in [2.75, 3.05) is 0 Å². The molecule has 0 heterocycles. The zero-order valence-corrected chi connectivity index (χ0v) is 15.5. The molecule has 27 heavy (non-hydrogen) atoms. The number of carbonyl (C=O) groups excluding carboxylic acids is 1. The van der Waals surface area contributed by atoms with Crippen molar-refractivity contribution in [2.45, 2.75) is 25.3 Å². The van der Waals surface area contributed by atoms with Crippen LogP contribution in [0.3, 0.4) is 0 Å². The van der Waals surface area contributed by atoms with Gasteiger partial charge in [-0.25, -0.2) is 0 Å². The number of nitro groups is 1. The number of carbonyl (C=O) groups is 2. The fourth-order valence-electron chi connectivity index (χ4n) is 2.56. The minimum absolute atomic E-state index is 0.0459. The topological polar surface area (TPSA) is 110 Å². The molecule has 0 aliphatic carbocycles. The Morgan fingerprint density at radius 2 is 1.81 bits per heavy atom. The minimum Gasteiger partial charge on any atom is -0.481 e. The minimum atomic E-state index is -1.07. The number of non-ortho nitro benzene ring substituents is 1. The SMILES string of the molecule is O=C(O)C[C@H](Cc1ccc([N+](=O)[O-])cc1)NC(=O)Cc1cccc(Cl)c1Cl. The molecule has 9 heteroatoms. The molecule has 0 bridgehead atoms. The summed E-state index contributed by atoms with van der Waals surface area (Å²) < 4.78 is 0. The van der Waals surface area contributed by atoms with E-state index in [1.54, 1.807) is 18.2 Å². The summed E-state index contributed by atoms with van der Waals surface area (Å²) in [5, 5.41) is 23.1. The predicted molar refractivity (Wildman–Crippen MR) is 101 cm³/mol. The number of hydrogen-bond acceptors (Lipinski definition) is 4. The third kappa shape index (κ3) is 6.23. The monoisotopic (exact) mass is 410 g/mol. The van der Waals surface area contributed by atoms with Gasteiger partial charge in [-0.1, -0.05) is 47.5 Å². The second-order valence-electron chi connectivity index (χ2n) is 5.88. The number of carboxylic acid groups (broad SMARTS) is 1. The molecule has 2 aromatic carbocycles. The molecule has 0 aliphatic rings. The molecule has 0 aliphatic heterocycles. The van der Waals surface area contributed by atoms with Crippen LogP contribution in [0.5, 0.6) is 0 Å². The molecule has 0 saturated heterocycles. The average molecular weight is 411 g/mol. The number of benzene rings is 2. The Hall–Kier alpha value is -2.64. The molecule has 0 unspecified atom stereocenters. The van der Waals surface area contributed by atoms with Gasteiger partial charge >= 0.3 is 5.97 Å². The van der Waals surface area contributed by atoms with Crippen LogP contribution >= 0.6 is 23.2 Å². The van der Waals surface area contributed by atoms with Crippen LogP contribution in [0.2, 0.25) is 10.0 Å². The Balaban J connectivity index is 2.06. The van der Waals surface area contributed by atoms with Gasteiger partial charge in [0.05, 0.1) is 27.8 Å². The summed E-state index contributed by atoms with van der Waals surface area (Å²) >= 11 is 12.0. The van der Waals surface area contributed by atoms with E-state index in [1.165, 1.54) is 24.3 Å². The number of halogens is 2. The van der Waals surface area contributed by atoms with Crippen LogP contribution in [0.25, 0.3) is 0 Å². The van der Waals surface area contributed by atoms with Crippen molar-refractivity contribution < 1.29 is 19.6 Å². The van der Waals surface area contributed by atoms with Gasteiger partial charge in [0, 0.05) is 18.2 Å². The van der Waals surface area contributed by atoms with E-state index < -0.39 is 22.8 Å². The summed E-state index contributed by atoms with van der Waals surface area (Å²) in [7, 11) is 0. The normalized spacial score (nSPS) is 11.6. The summed E-state index contributed by atoms with van der Waals surface area (Å²) in [5.74, 6) is -1.46. The van der Waals surface area contributed by atoms with E-state index in [2.05, 4.69) is 5.32 Å². The third-order valence-corrected chi connectivity index (χ3v) is 4.66. The average Bonchev–Trinajstić information content (AvgIpc) is 2.58. The van der Waals surface area contributed by atoms with Gasteiger partial charge < -0.3 is 10.4 Å². The quantitative estimate of drug-likeness (QED) is 0.509. The number of amides is 1. The van der Waals surface area contributed by atoms with E-state index >= 15 is 0 Å². The van der Waals surface area contributed by atoms with Crippen LogP contribution < -0.4 is 5.32 Å². The van der Waals surface area contributed by atoms with Crippen LogP contribution in [0.1, 0.15) is 17.5 Å². The number of aliphatic carboxylic acids is 1. The standard InChI is InChI=1S/C18H16Cl2N2O5/c19-15-3-1-2-12(18(15)20)9-16(23)21-13(10-17(24)25)8-11-4-6-14(7-5-11)22(26)27/h1-7,13H,8-10H2,(H,21,23)(H,24,25)/t13-/m0/s1. The van der Waals surface area contributed by atoms with Crippen LogP contribution in [0.4, 0.5) is 5.69 Å². The largest absolute Gasteiger partial charge is 0.481 e. The maximum atomic E-state index is 12.3. The van der Waals surface area contributed by atoms with Crippen molar-refractivity contribution in [3.05, 3.63) is 73.8 Å². The van der Waals surface area contributed by atoms with Gasteiger partial charge in [-0.15, -0.1) is 0 Å². The highest BCUT2D eigenvalue weighted by Gasteiger charge is 2.18. The van der Waals surface area contributed by atoms with Gasteiger partial charge in [0.1, 0.15) is 0 Å². The number of nitrogens with zero attached hydrogens (tertiary/aromatic N) is 1. The van der Waals surface area contributed by atoms with Gasteiger partial charge in [0.15, 0.2) is 0 Å². The molecular weight excluding hydrogens is 395 g/mol. The molecule has 142 valence electrons. The van der Waals surface area contributed by atoms with Crippen LogP contribution in [-0.4, -0.2) is 27.9 Å². The predicted octanol–water partition coefficient (Wildman–Crippen LogP) is 3.65. The highest BCUT2D eigenvalue weighted by Crippen LogP contribution is 2.25. The lowest BCUT2D eigenvalue weighted by atomic mass is 10.0. The molecule has 1 amide bonds. The lowest BCUT2D eigenvalue weighted by molar-refractivity contribution is -0.384. The maximum absolute atomic E-state index is 12.3. The van der Waals surface area contributed by atoms with E-state index in [0.717, 1.165) is 0 Å². The van der Waals surface area contributed by atoms with Crippen molar-refractivity contribution >= 4 is 40.8 Å². The summed E-state index contributed by atoms with van der Waals surface area (Å²) in [6, 6.07) is 10.0. The summed E-state index contributed by atoms with van der Waals surface area (Å²) in [5.41, 5.74) is 1.15. The maximum Gasteiger partial charge on any atom is 0.305 e. The first-order valence-electron chi connectivity index (χ1n) is 7.93. The smallest absolute Gasteiger partial charge is 0.305 e. The van der Waals surface area contributed by atoms with Crippen molar-refractivity contribution in [2.24, 2.45) is 0 Å². The van der Waals surface area contributed by atoms with Gasteiger partial charge in [-0.3, -0.25) is 19.7 Å². The number of hydrogen-bond donors (Lipinski definition) is 2. The van der Waals surface area contributed by atoms with E-state index in [9.17, 15) is 19.7 Å². The Morgan fingerprint density at radius 1 is 1.15 bits per heavy atom. The van der Waals surface area contributed by atoms with E-state index in [0.29, 0.717) is 16.1 Å². The number of carboxylic acids is 1. The first-order valence-corrected chi connectivity index (χ1v) is 8.69. The molecule has 0 spiro atoms. The number of nitro benzene ring substituents is 1. The molecule has 2 rings (SSSR count). The zero-order chi connectivity index (χ0) is 20.0. The molecule has 0 saturated carbocycles. The molecule has 2 N–H and O–H groups in total. The lowest BCUT2D eigenvalue weighted by Gasteiger charge is -2.17. The summed E-state index contributed by atoms with van der Waals surface area (Å²) in [4.78, 5) is 33.6. The third-order valence-electron chi connectivity index (χ3n) is 3.80. The van der Waals surface area contributed by atoms with Crippen LogP contribution in [-0.2, 0) is 22.4 Å². The van der Waals surface area contributed by atoms with E-state index in [1.807, 2.05) is 0 Å². The molecular formula is C18H16Cl2N2O5. The van der Waals surface area contributed by atoms with Crippen molar-refractivity contribution in [1.29, 1.82) is 0 Å². The second kappa shape index (κ2) is 9.34. The fourth-order valence-corrected chi connectivity index (χ4v) is 2.95. The zero-order valence-electron chi connectivity index (χ0n) is 14.0. The Morgan fingerprint density at radius 3 is 2.41 bits per heavy atom. The Labute approximate surface area is 165 Å². The lowest BCUT2D eigenvalue weighted by Crippen LogP contribution is -2.39. The van der Waals surface area contributed by atoms with Gasteiger partial charge in [0.25, 0.3) is 5.69 Å². The van der Waals surface area contributed by atoms with Gasteiger partial charge in [0.2, 0.25) is 5.91 Å². The van der Waals surface area contributed by atoms with Crippen LogP contribution in [0, 0.1) is 10.1 Å². The second-order valence-corrected chi connectivity index (χ2v) is 6.66. The highest BCUT2D eigenvalue weighted by atomic mass is 35.5. The first kappa shape index (κ1) is 20.7. The number of rotatable bonds is 8. The van der Waals surface area contributed by atoms with Crippen molar-refractivity contribution in [1.82, 2.24) is 5.32 Å². The van der Waals surface area contributed by atoms with E-state index in [-0.39, 0.29) is 30.0 Å². The van der Waals surface area contributed by atoms with Gasteiger partial charge in [-0.2, -0.15) is 0 Å².